The van der Waals surface area contributed by atoms with Crippen LogP contribution >= 0.6 is 0 Å². The normalized spacial score (nSPS) is 10.2. The number of aromatic nitrogens is 2. The molecule has 0 aliphatic rings. The summed E-state index contributed by atoms with van der Waals surface area (Å²) in [5.41, 5.74) is 8.12. The summed E-state index contributed by atoms with van der Waals surface area (Å²) in [5.74, 6) is 1.14. The van der Waals surface area contributed by atoms with Crippen LogP contribution < -0.4 is 10.6 Å². The van der Waals surface area contributed by atoms with Crippen molar-refractivity contribution in [2.24, 2.45) is 0 Å². The van der Waals surface area contributed by atoms with Crippen molar-refractivity contribution in [1.29, 1.82) is 0 Å². The topological polar surface area (TPSA) is 55.0 Å². The molecule has 0 fully saturated rings. The zero-order chi connectivity index (χ0) is 12.3. The molecule has 0 atom stereocenters. The number of nitrogens with zero attached hydrogens (tertiary/aromatic N) is 3. The Bertz CT molecular complexity index is 510. The third-order valence-corrected chi connectivity index (χ3v) is 2.51. The summed E-state index contributed by atoms with van der Waals surface area (Å²) in [7, 11) is 1.96. The highest BCUT2D eigenvalue weighted by Crippen LogP contribution is 2.12. The number of hydrogen-bond acceptors (Lipinski definition) is 4. The maximum atomic E-state index is 5.64. The van der Waals surface area contributed by atoms with Crippen LogP contribution in [0.3, 0.4) is 0 Å². The van der Waals surface area contributed by atoms with Crippen LogP contribution in [0.4, 0.5) is 11.8 Å². The van der Waals surface area contributed by atoms with E-state index in [2.05, 4.69) is 41.2 Å². The van der Waals surface area contributed by atoms with Crippen LogP contribution in [0.15, 0.2) is 36.5 Å². The Kier molecular flexibility index (Phi) is 3.23. The van der Waals surface area contributed by atoms with Gasteiger partial charge in [-0.25, -0.2) is 4.98 Å². The Labute approximate surface area is 101 Å². The van der Waals surface area contributed by atoms with Crippen LogP contribution in [0.2, 0.25) is 0 Å². The molecule has 0 amide bonds. The van der Waals surface area contributed by atoms with E-state index in [1.165, 1.54) is 11.1 Å². The van der Waals surface area contributed by atoms with Gasteiger partial charge < -0.3 is 10.6 Å². The van der Waals surface area contributed by atoms with Gasteiger partial charge in [0.1, 0.15) is 5.82 Å². The molecule has 1 aromatic carbocycles. The van der Waals surface area contributed by atoms with E-state index in [1.807, 2.05) is 11.9 Å². The molecule has 1 heterocycles. The molecule has 0 radical (unpaired) electrons. The SMILES string of the molecule is Cc1cccc(CN(C)c2nccc(N)n2)c1. The minimum absolute atomic E-state index is 0.492. The predicted octanol–water partition coefficient (Wildman–Crippen LogP) is 2.00. The van der Waals surface area contributed by atoms with E-state index in [1.54, 1.807) is 12.3 Å². The van der Waals surface area contributed by atoms with E-state index in [0.717, 1.165) is 6.54 Å². The summed E-state index contributed by atoms with van der Waals surface area (Å²) in [6.45, 7) is 2.85. The largest absolute Gasteiger partial charge is 0.384 e. The maximum absolute atomic E-state index is 5.64. The van der Waals surface area contributed by atoms with Crippen molar-refractivity contribution in [3.8, 4) is 0 Å². The van der Waals surface area contributed by atoms with Crippen LogP contribution in [-0.4, -0.2) is 17.0 Å². The van der Waals surface area contributed by atoms with E-state index >= 15 is 0 Å². The van der Waals surface area contributed by atoms with Gasteiger partial charge in [-0.3, -0.25) is 0 Å². The van der Waals surface area contributed by atoms with Gasteiger partial charge in [-0.2, -0.15) is 4.98 Å². The highest BCUT2D eigenvalue weighted by atomic mass is 15.2. The Morgan fingerprint density at radius 3 is 2.82 bits per heavy atom. The summed E-state index contributed by atoms with van der Waals surface area (Å²) in [4.78, 5) is 10.4. The predicted molar refractivity (Wildman–Crippen MR) is 69.7 cm³/mol. The van der Waals surface area contributed by atoms with Crippen LogP contribution in [0, 0.1) is 6.92 Å². The molecule has 0 aliphatic carbocycles. The molecular formula is C13H16N4. The third kappa shape index (κ3) is 2.93. The van der Waals surface area contributed by atoms with E-state index < -0.39 is 0 Å². The Balaban J connectivity index is 2.14. The Hall–Kier alpha value is -2.10. The van der Waals surface area contributed by atoms with Crippen molar-refractivity contribution in [3.63, 3.8) is 0 Å². The monoisotopic (exact) mass is 228 g/mol. The van der Waals surface area contributed by atoms with E-state index in [-0.39, 0.29) is 0 Å². The standard InChI is InChI=1S/C13H16N4/c1-10-4-3-5-11(8-10)9-17(2)13-15-7-6-12(14)16-13/h3-8H,9H2,1-2H3,(H2,14,15,16). The molecule has 0 saturated heterocycles. The third-order valence-electron chi connectivity index (χ3n) is 2.51. The van der Waals surface area contributed by atoms with Crippen LogP contribution in [-0.2, 0) is 6.54 Å². The van der Waals surface area contributed by atoms with E-state index in [9.17, 15) is 0 Å². The van der Waals surface area contributed by atoms with Crippen LogP contribution in [0.1, 0.15) is 11.1 Å². The van der Waals surface area contributed by atoms with Crippen molar-refractivity contribution in [2.75, 3.05) is 17.7 Å². The molecule has 2 rings (SSSR count). The molecule has 0 unspecified atom stereocenters. The number of hydrogen-bond donors (Lipinski definition) is 1. The van der Waals surface area contributed by atoms with E-state index in [0.29, 0.717) is 11.8 Å². The van der Waals surface area contributed by atoms with Gasteiger partial charge in [-0.15, -0.1) is 0 Å². The molecule has 88 valence electrons. The zero-order valence-corrected chi connectivity index (χ0v) is 10.1. The Morgan fingerprint density at radius 2 is 2.12 bits per heavy atom. The molecule has 2 aromatic rings. The van der Waals surface area contributed by atoms with Crippen molar-refractivity contribution < 1.29 is 0 Å². The first-order valence-corrected chi connectivity index (χ1v) is 5.50. The van der Waals surface area contributed by atoms with E-state index in [4.69, 9.17) is 5.73 Å². The molecule has 4 nitrogen and oxygen atoms in total. The van der Waals surface area contributed by atoms with Gasteiger partial charge >= 0.3 is 0 Å². The minimum atomic E-state index is 0.492. The number of rotatable bonds is 3. The second kappa shape index (κ2) is 4.82. The van der Waals surface area contributed by atoms with Crippen molar-refractivity contribution in [3.05, 3.63) is 47.7 Å². The molecule has 0 bridgehead atoms. The molecule has 17 heavy (non-hydrogen) atoms. The van der Waals surface area contributed by atoms with Gasteiger partial charge in [0.15, 0.2) is 0 Å². The van der Waals surface area contributed by atoms with Crippen molar-refractivity contribution >= 4 is 11.8 Å². The summed E-state index contributed by atoms with van der Waals surface area (Å²) in [5, 5.41) is 0. The van der Waals surface area contributed by atoms with Gasteiger partial charge in [0.05, 0.1) is 0 Å². The molecule has 0 aliphatic heterocycles. The van der Waals surface area contributed by atoms with Gasteiger partial charge in [0, 0.05) is 19.8 Å². The highest BCUT2D eigenvalue weighted by Gasteiger charge is 2.05. The number of anilines is 2. The lowest BCUT2D eigenvalue weighted by atomic mass is 10.1. The van der Waals surface area contributed by atoms with Crippen LogP contribution in [0.5, 0.6) is 0 Å². The maximum Gasteiger partial charge on any atom is 0.227 e. The summed E-state index contributed by atoms with van der Waals surface area (Å²) >= 11 is 0. The van der Waals surface area contributed by atoms with Crippen molar-refractivity contribution in [2.45, 2.75) is 13.5 Å². The quantitative estimate of drug-likeness (QED) is 0.873. The summed E-state index contributed by atoms with van der Waals surface area (Å²) in [6, 6.07) is 10.1. The molecule has 2 N–H and O–H groups in total. The lowest BCUT2D eigenvalue weighted by molar-refractivity contribution is 0.867. The number of aryl methyl sites for hydroxylation is 1. The van der Waals surface area contributed by atoms with Gasteiger partial charge in [0.2, 0.25) is 5.95 Å². The smallest absolute Gasteiger partial charge is 0.227 e. The fraction of sp³-hybridized carbons (Fsp3) is 0.231. The lowest BCUT2D eigenvalue weighted by Crippen LogP contribution is -2.19. The number of nitrogens with two attached hydrogens (primary N) is 1. The average molecular weight is 228 g/mol. The lowest BCUT2D eigenvalue weighted by Gasteiger charge is -2.17. The fourth-order valence-electron chi connectivity index (χ4n) is 1.70. The first-order chi connectivity index (χ1) is 8.15. The summed E-state index contributed by atoms with van der Waals surface area (Å²) < 4.78 is 0. The number of nitrogen functional groups attached to an aromatic ring is 1. The molecule has 4 heteroatoms. The average Bonchev–Trinajstić information content (AvgIpc) is 2.29. The van der Waals surface area contributed by atoms with Crippen LogP contribution in [0.25, 0.3) is 0 Å². The molecule has 0 spiro atoms. The number of benzene rings is 1. The second-order valence-corrected chi connectivity index (χ2v) is 4.13. The fourth-order valence-corrected chi connectivity index (χ4v) is 1.70. The highest BCUT2D eigenvalue weighted by molar-refractivity contribution is 5.38. The molecular weight excluding hydrogens is 212 g/mol. The first-order valence-electron chi connectivity index (χ1n) is 5.50. The minimum Gasteiger partial charge on any atom is -0.384 e. The van der Waals surface area contributed by atoms with Gasteiger partial charge in [-0.05, 0) is 18.6 Å². The second-order valence-electron chi connectivity index (χ2n) is 4.13. The summed E-state index contributed by atoms with van der Waals surface area (Å²) in [6.07, 6.45) is 1.67. The van der Waals surface area contributed by atoms with Crippen molar-refractivity contribution in [1.82, 2.24) is 9.97 Å². The van der Waals surface area contributed by atoms with Gasteiger partial charge in [-0.1, -0.05) is 29.8 Å². The molecule has 1 aromatic heterocycles. The zero-order valence-electron chi connectivity index (χ0n) is 10.1. The first kappa shape index (κ1) is 11.4. The van der Waals surface area contributed by atoms with Gasteiger partial charge in [0.25, 0.3) is 0 Å². The Morgan fingerprint density at radius 1 is 1.29 bits per heavy atom. The molecule has 0 saturated carbocycles.